The lowest BCUT2D eigenvalue weighted by molar-refractivity contribution is 0.886. The number of hydrogen-bond donors (Lipinski definition) is 1. The number of hydrogen-bond acceptors (Lipinski definition) is 3. The van der Waals surface area contributed by atoms with Gasteiger partial charge in [0.15, 0.2) is 0 Å². The summed E-state index contributed by atoms with van der Waals surface area (Å²) in [6, 6.07) is 9.84. The van der Waals surface area contributed by atoms with Crippen molar-refractivity contribution in [2.45, 2.75) is 32.1 Å². The molecule has 2 aromatic heterocycles. The van der Waals surface area contributed by atoms with Crippen LogP contribution in [-0.4, -0.2) is 4.98 Å². The van der Waals surface area contributed by atoms with Crippen molar-refractivity contribution in [2.24, 2.45) is 0 Å². The second-order valence-electron chi connectivity index (χ2n) is 4.09. The van der Waals surface area contributed by atoms with Crippen LogP contribution in [0.25, 0.3) is 0 Å². The quantitative estimate of drug-likeness (QED) is 0.820. The minimum absolute atomic E-state index is 0.889. The smallest absolute Gasteiger partial charge is 0.130 e. The maximum atomic E-state index is 4.15. The fourth-order valence-corrected chi connectivity index (χ4v) is 2.42. The first-order valence-corrected chi connectivity index (χ1v) is 7.05. The number of aromatic nitrogens is 1. The molecule has 0 aliphatic heterocycles. The molecule has 0 unspecified atom stereocenters. The Hall–Kier alpha value is -1.35. The second kappa shape index (κ2) is 7.07. The van der Waals surface area contributed by atoms with Crippen molar-refractivity contribution in [2.75, 3.05) is 5.32 Å². The Labute approximate surface area is 107 Å². The minimum atomic E-state index is 0.889. The van der Waals surface area contributed by atoms with Gasteiger partial charge in [0.25, 0.3) is 0 Å². The van der Waals surface area contributed by atoms with Gasteiger partial charge in [0.05, 0.1) is 5.00 Å². The van der Waals surface area contributed by atoms with Crippen LogP contribution in [0.15, 0.2) is 41.9 Å². The van der Waals surface area contributed by atoms with Crippen LogP contribution in [0, 0.1) is 0 Å². The topological polar surface area (TPSA) is 24.9 Å². The van der Waals surface area contributed by atoms with Crippen LogP contribution in [0.4, 0.5) is 10.8 Å². The molecule has 0 amide bonds. The first kappa shape index (κ1) is 12.1. The van der Waals surface area contributed by atoms with E-state index in [0.717, 1.165) is 10.8 Å². The third-order valence-electron chi connectivity index (χ3n) is 2.69. The van der Waals surface area contributed by atoms with Crippen LogP contribution in [0.3, 0.4) is 0 Å². The molecule has 2 heterocycles. The third kappa shape index (κ3) is 4.57. The summed E-state index contributed by atoms with van der Waals surface area (Å²) >= 11 is 1.67. The molecular formula is C14H18N2S. The molecule has 0 radical (unpaired) electrons. The molecule has 0 saturated heterocycles. The molecule has 1 saturated carbocycles. The van der Waals surface area contributed by atoms with Crippen LogP contribution >= 0.6 is 11.3 Å². The Morgan fingerprint density at radius 1 is 0.941 bits per heavy atom. The molecule has 1 aliphatic carbocycles. The lowest BCUT2D eigenvalue weighted by atomic mass is 10.4. The van der Waals surface area contributed by atoms with E-state index in [2.05, 4.69) is 10.3 Å². The molecule has 2 nitrogen and oxygen atoms in total. The average molecular weight is 246 g/mol. The number of anilines is 2. The summed E-state index contributed by atoms with van der Waals surface area (Å²) in [7, 11) is 0. The van der Waals surface area contributed by atoms with Gasteiger partial charge in [0, 0.05) is 6.20 Å². The number of thiophene rings is 1. The molecule has 0 aromatic carbocycles. The van der Waals surface area contributed by atoms with Gasteiger partial charge in [-0.3, -0.25) is 0 Å². The summed E-state index contributed by atoms with van der Waals surface area (Å²) in [5.74, 6) is 0.889. The molecule has 17 heavy (non-hydrogen) atoms. The van der Waals surface area contributed by atoms with Gasteiger partial charge in [-0.05, 0) is 29.6 Å². The van der Waals surface area contributed by atoms with E-state index in [1.807, 2.05) is 35.7 Å². The lowest BCUT2D eigenvalue weighted by Crippen LogP contribution is -1.88. The van der Waals surface area contributed by atoms with Crippen molar-refractivity contribution in [3.8, 4) is 0 Å². The normalized spacial score (nSPS) is 13.9. The highest BCUT2D eigenvalue weighted by Crippen LogP contribution is 2.19. The summed E-state index contributed by atoms with van der Waals surface area (Å²) in [6.07, 6.45) is 9.27. The van der Waals surface area contributed by atoms with Crippen LogP contribution in [0.2, 0.25) is 0 Å². The van der Waals surface area contributed by atoms with Gasteiger partial charge in [0.1, 0.15) is 5.82 Å². The van der Waals surface area contributed by atoms with E-state index in [-0.39, 0.29) is 0 Å². The molecule has 1 N–H and O–H groups in total. The van der Waals surface area contributed by atoms with Crippen LogP contribution < -0.4 is 5.32 Å². The summed E-state index contributed by atoms with van der Waals surface area (Å²) in [5, 5.41) is 6.34. The van der Waals surface area contributed by atoms with Crippen molar-refractivity contribution in [3.05, 3.63) is 41.9 Å². The highest BCUT2D eigenvalue weighted by Gasteiger charge is 1.95. The van der Waals surface area contributed by atoms with E-state index in [9.17, 15) is 0 Å². The zero-order valence-electron chi connectivity index (χ0n) is 9.93. The highest BCUT2D eigenvalue weighted by molar-refractivity contribution is 7.14. The van der Waals surface area contributed by atoms with Gasteiger partial charge in [-0.25, -0.2) is 4.98 Å². The number of nitrogens with zero attached hydrogens (tertiary/aromatic N) is 1. The van der Waals surface area contributed by atoms with Gasteiger partial charge in [-0.1, -0.05) is 38.2 Å². The Morgan fingerprint density at radius 3 is 2.24 bits per heavy atom. The van der Waals surface area contributed by atoms with Gasteiger partial charge >= 0.3 is 0 Å². The highest BCUT2D eigenvalue weighted by atomic mass is 32.1. The molecule has 3 rings (SSSR count). The Kier molecular flexibility index (Phi) is 5.04. The monoisotopic (exact) mass is 246 g/mol. The molecule has 0 bridgehead atoms. The van der Waals surface area contributed by atoms with Crippen molar-refractivity contribution >= 4 is 22.2 Å². The SMILES string of the molecule is C1CCCC1.c1ccc(Nc2cccs2)nc1. The van der Waals surface area contributed by atoms with Crippen molar-refractivity contribution in [1.82, 2.24) is 4.98 Å². The summed E-state index contributed by atoms with van der Waals surface area (Å²) in [6.45, 7) is 0. The Balaban J connectivity index is 0.000000181. The van der Waals surface area contributed by atoms with Crippen LogP contribution in [0.5, 0.6) is 0 Å². The second-order valence-corrected chi connectivity index (χ2v) is 5.03. The standard InChI is InChI=1S/C9H8N2S.C5H10/c1-2-6-10-8(4-1)11-9-5-3-7-12-9;1-2-4-5-3-1/h1-7H,(H,10,11);1-5H2. The molecular weight excluding hydrogens is 228 g/mol. The van der Waals surface area contributed by atoms with Gasteiger partial charge in [-0.2, -0.15) is 0 Å². The molecule has 3 heteroatoms. The molecule has 0 atom stereocenters. The lowest BCUT2D eigenvalue weighted by Gasteiger charge is -1.99. The van der Waals surface area contributed by atoms with Gasteiger partial charge in [-0.15, -0.1) is 11.3 Å². The van der Waals surface area contributed by atoms with Crippen LogP contribution in [-0.2, 0) is 0 Å². The number of nitrogens with one attached hydrogen (secondary N) is 1. The number of pyridine rings is 1. The molecule has 2 aromatic rings. The van der Waals surface area contributed by atoms with E-state index in [4.69, 9.17) is 0 Å². The van der Waals surface area contributed by atoms with E-state index in [1.54, 1.807) is 17.5 Å². The van der Waals surface area contributed by atoms with E-state index in [0.29, 0.717) is 0 Å². The maximum Gasteiger partial charge on any atom is 0.130 e. The predicted molar refractivity (Wildman–Crippen MR) is 74.9 cm³/mol. The number of rotatable bonds is 2. The first-order valence-electron chi connectivity index (χ1n) is 6.17. The zero-order chi connectivity index (χ0) is 11.8. The summed E-state index contributed by atoms with van der Waals surface area (Å²) in [4.78, 5) is 4.15. The van der Waals surface area contributed by atoms with Gasteiger partial charge < -0.3 is 5.32 Å². The molecule has 1 aliphatic rings. The zero-order valence-corrected chi connectivity index (χ0v) is 10.7. The van der Waals surface area contributed by atoms with E-state index in [1.165, 1.54) is 32.1 Å². The minimum Gasteiger partial charge on any atom is -0.332 e. The maximum absolute atomic E-state index is 4.15. The van der Waals surface area contributed by atoms with E-state index < -0.39 is 0 Å². The first-order chi connectivity index (χ1) is 8.45. The molecule has 1 fully saturated rings. The Morgan fingerprint density at radius 2 is 1.71 bits per heavy atom. The summed E-state index contributed by atoms with van der Waals surface area (Å²) < 4.78 is 0. The summed E-state index contributed by atoms with van der Waals surface area (Å²) in [5.41, 5.74) is 0. The fraction of sp³-hybridized carbons (Fsp3) is 0.357. The molecule has 0 spiro atoms. The Bertz CT molecular complexity index is 386. The predicted octanol–water partition coefficient (Wildman–Crippen LogP) is 4.84. The average Bonchev–Trinajstić information content (AvgIpc) is 3.06. The van der Waals surface area contributed by atoms with Crippen molar-refractivity contribution in [1.29, 1.82) is 0 Å². The fourth-order valence-electron chi connectivity index (χ4n) is 1.80. The van der Waals surface area contributed by atoms with Crippen molar-refractivity contribution in [3.63, 3.8) is 0 Å². The van der Waals surface area contributed by atoms with Crippen LogP contribution in [0.1, 0.15) is 32.1 Å². The molecule has 90 valence electrons. The third-order valence-corrected chi connectivity index (χ3v) is 3.47. The van der Waals surface area contributed by atoms with Crippen molar-refractivity contribution < 1.29 is 0 Å². The van der Waals surface area contributed by atoms with Gasteiger partial charge in [0.2, 0.25) is 0 Å². The largest absolute Gasteiger partial charge is 0.332 e. The van der Waals surface area contributed by atoms with E-state index >= 15 is 0 Å².